The molecule has 86 valence electrons. The lowest BCUT2D eigenvalue weighted by molar-refractivity contribution is 0.960. The lowest BCUT2D eigenvalue weighted by atomic mass is 10.3. The second-order valence-corrected chi connectivity index (χ2v) is 4.14. The molecule has 0 aliphatic carbocycles. The summed E-state index contributed by atoms with van der Waals surface area (Å²) in [6, 6.07) is 7.89. The van der Waals surface area contributed by atoms with E-state index in [1.807, 2.05) is 43.3 Å². The first-order valence-electron chi connectivity index (χ1n) is 5.36. The Balaban J connectivity index is 2.54. The molecule has 4 heteroatoms. The van der Waals surface area contributed by atoms with E-state index in [2.05, 4.69) is 17.6 Å². The van der Waals surface area contributed by atoms with Crippen LogP contribution >= 0.6 is 0 Å². The first-order chi connectivity index (χ1) is 8.13. The molecule has 0 aliphatic rings. The molecule has 2 rings (SSSR count). The molecule has 0 radical (unpaired) electrons. The Morgan fingerprint density at radius 1 is 1.59 bits per heavy atom. The van der Waals surface area contributed by atoms with Crippen LogP contribution < -0.4 is 4.90 Å². The van der Waals surface area contributed by atoms with Crippen molar-refractivity contribution in [2.24, 2.45) is 0 Å². The number of nitrogens with zero attached hydrogens (tertiary/aromatic N) is 4. The van der Waals surface area contributed by atoms with Crippen LogP contribution in [-0.2, 0) is 0 Å². The molecule has 4 nitrogen and oxygen atoms in total. The van der Waals surface area contributed by atoms with E-state index in [4.69, 9.17) is 0 Å². The van der Waals surface area contributed by atoms with Gasteiger partial charge >= 0.3 is 0 Å². The zero-order chi connectivity index (χ0) is 12.4. The van der Waals surface area contributed by atoms with Crippen molar-refractivity contribution in [3.05, 3.63) is 42.2 Å². The highest BCUT2D eigenvalue weighted by atomic mass is 15.2. The number of fused-ring (bicyclic) bond motifs is 1. The molecule has 17 heavy (non-hydrogen) atoms. The fourth-order valence-corrected chi connectivity index (χ4v) is 1.83. The Morgan fingerprint density at radius 2 is 2.35 bits per heavy atom. The monoisotopic (exact) mass is 226 g/mol. The lowest BCUT2D eigenvalue weighted by Gasteiger charge is -2.16. The minimum Gasteiger partial charge on any atom is -0.353 e. The summed E-state index contributed by atoms with van der Waals surface area (Å²) >= 11 is 0. The normalized spacial score (nSPS) is 10.2. The fourth-order valence-electron chi connectivity index (χ4n) is 1.83. The van der Waals surface area contributed by atoms with E-state index in [1.165, 1.54) is 0 Å². The summed E-state index contributed by atoms with van der Waals surface area (Å²) in [6.45, 7) is 6.52. The van der Waals surface area contributed by atoms with Gasteiger partial charge in [0.25, 0.3) is 0 Å². The number of rotatable bonds is 3. The molecular weight excluding hydrogens is 212 g/mol. The molecule has 0 unspecified atom stereocenters. The van der Waals surface area contributed by atoms with E-state index in [1.54, 1.807) is 4.40 Å². The summed E-state index contributed by atoms with van der Waals surface area (Å²) in [7, 11) is 1.91. The van der Waals surface area contributed by atoms with Crippen LogP contribution in [0.4, 0.5) is 5.82 Å². The number of likely N-dealkylation sites (N-methyl/N-ethyl adjacent to an activating group) is 1. The van der Waals surface area contributed by atoms with Crippen molar-refractivity contribution in [2.75, 3.05) is 18.5 Å². The van der Waals surface area contributed by atoms with Crippen LogP contribution in [0.25, 0.3) is 5.65 Å². The molecule has 0 N–H and O–H groups in total. The summed E-state index contributed by atoms with van der Waals surface area (Å²) < 4.78 is 1.80. The Labute approximate surface area is 100 Å². The molecule has 0 aliphatic heterocycles. The van der Waals surface area contributed by atoms with E-state index >= 15 is 0 Å². The predicted molar refractivity (Wildman–Crippen MR) is 68.0 cm³/mol. The average Bonchev–Trinajstić information content (AvgIpc) is 2.66. The molecule has 0 saturated carbocycles. The average molecular weight is 226 g/mol. The van der Waals surface area contributed by atoms with Crippen molar-refractivity contribution in [1.29, 1.82) is 5.26 Å². The van der Waals surface area contributed by atoms with Crippen molar-refractivity contribution in [1.82, 2.24) is 9.38 Å². The zero-order valence-electron chi connectivity index (χ0n) is 10.0. The van der Waals surface area contributed by atoms with E-state index < -0.39 is 0 Å². The Kier molecular flexibility index (Phi) is 2.84. The van der Waals surface area contributed by atoms with Crippen molar-refractivity contribution >= 4 is 11.5 Å². The van der Waals surface area contributed by atoms with Gasteiger partial charge in [0.1, 0.15) is 11.7 Å². The molecule has 2 aromatic heterocycles. The quantitative estimate of drug-likeness (QED) is 0.754. The van der Waals surface area contributed by atoms with Crippen LogP contribution in [0.5, 0.6) is 0 Å². The lowest BCUT2D eigenvalue weighted by Crippen LogP contribution is -2.20. The predicted octanol–water partition coefficient (Wildman–Crippen LogP) is 2.22. The minimum absolute atomic E-state index is 0.560. The SMILES string of the molecule is C=C(C)CN(C)c1nc2ccccn2c1C#N. The number of anilines is 1. The highest BCUT2D eigenvalue weighted by Crippen LogP contribution is 2.20. The van der Waals surface area contributed by atoms with E-state index in [-0.39, 0.29) is 0 Å². The van der Waals surface area contributed by atoms with Crippen LogP contribution in [0.2, 0.25) is 0 Å². The molecule has 0 atom stereocenters. The van der Waals surface area contributed by atoms with Gasteiger partial charge in [-0.1, -0.05) is 18.2 Å². The van der Waals surface area contributed by atoms with Gasteiger partial charge in [0.2, 0.25) is 0 Å². The van der Waals surface area contributed by atoms with Crippen LogP contribution in [0.15, 0.2) is 36.5 Å². The van der Waals surface area contributed by atoms with Crippen LogP contribution in [0, 0.1) is 11.3 Å². The van der Waals surface area contributed by atoms with Gasteiger partial charge in [-0.3, -0.25) is 4.40 Å². The molecule has 0 amide bonds. The summed E-state index contributed by atoms with van der Waals surface area (Å²) in [4.78, 5) is 6.40. The summed E-state index contributed by atoms with van der Waals surface area (Å²) in [5.41, 5.74) is 2.38. The van der Waals surface area contributed by atoms with Crippen molar-refractivity contribution in [3.63, 3.8) is 0 Å². The van der Waals surface area contributed by atoms with Crippen LogP contribution in [0.3, 0.4) is 0 Å². The second kappa shape index (κ2) is 4.30. The molecule has 0 aromatic carbocycles. The molecular formula is C13H14N4. The highest BCUT2D eigenvalue weighted by molar-refractivity contribution is 5.60. The van der Waals surface area contributed by atoms with Crippen molar-refractivity contribution < 1.29 is 0 Å². The number of aromatic nitrogens is 2. The number of nitriles is 1. The van der Waals surface area contributed by atoms with E-state index in [0.717, 1.165) is 11.2 Å². The highest BCUT2D eigenvalue weighted by Gasteiger charge is 2.14. The van der Waals surface area contributed by atoms with Gasteiger partial charge in [-0.2, -0.15) is 5.26 Å². The summed E-state index contributed by atoms with van der Waals surface area (Å²) in [6.07, 6.45) is 1.85. The summed E-state index contributed by atoms with van der Waals surface area (Å²) in [5.74, 6) is 0.696. The topological polar surface area (TPSA) is 44.3 Å². The standard InChI is InChI=1S/C13H14N4/c1-10(2)9-16(3)13-11(8-14)17-7-5-4-6-12(17)15-13/h4-7H,1,9H2,2-3H3. The maximum Gasteiger partial charge on any atom is 0.169 e. The summed E-state index contributed by atoms with van der Waals surface area (Å²) in [5, 5.41) is 9.23. The molecule has 2 heterocycles. The van der Waals surface area contributed by atoms with Crippen LogP contribution in [0.1, 0.15) is 12.6 Å². The first-order valence-corrected chi connectivity index (χ1v) is 5.36. The zero-order valence-corrected chi connectivity index (χ0v) is 10.0. The maximum atomic E-state index is 9.23. The van der Waals surface area contributed by atoms with Gasteiger partial charge in [0.05, 0.1) is 0 Å². The largest absolute Gasteiger partial charge is 0.353 e. The smallest absolute Gasteiger partial charge is 0.169 e. The van der Waals surface area contributed by atoms with E-state index in [0.29, 0.717) is 18.1 Å². The molecule has 0 fully saturated rings. The Morgan fingerprint density at radius 3 is 3.00 bits per heavy atom. The van der Waals surface area contributed by atoms with Crippen LogP contribution in [-0.4, -0.2) is 23.0 Å². The Bertz CT molecular complexity index is 603. The molecule has 0 bridgehead atoms. The third-order valence-corrected chi connectivity index (χ3v) is 2.49. The number of pyridine rings is 1. The van der Waals surface area contributed by atoms with Gasteiger partial charge in [0, 0.05) is 19.8 Å². The van der Waals surface area contributed by atoms with E-state index in [9.17, 15) is 5.26 Å². The third-order valence-electron chi connectivity index (χ3n) is 2.49. The fraction of sp³-hybridized carbons (Fsp3) is 0.231. The maximum absolute atomic E-state index is 9.23. The third kappa shape index (κ3) is 2.00. The second-order valence-electron chi connectivity index (χ2n) is 4.14. The van der Waals surface area contributed by atoms with Gasteiger partial charge in [-0.15, -0.1) is 0 Å². The van der Waals surface area contributed by atoms with Crippen molar-refractivity contribution in [3.8, 4) is 6.07 Å². The first kappa shape index (κ1) is 11.2. The molecule has 0 spiro atoms. The van der Waals surface area contributed by atoms with Crippen molar-refractivity contribution in [2.45, 2.75) is 6.92 Å². The van der Waals surface area contributed by atoms with Gasteiger partial charge < -0.3 is 4.90 Å². The van der Waals surface area contributed by atoms with Gasteiger partial charge in [-0.05, 0) is 19.1 Å². The number of hydrogen-bond donors (Lipinski definition) is 0. The molecule has 2 aromatic rings. The number of hydrogen-bond acceptors (Lipinski definition) is 3. The minimum atomic E-state index is 0.560. The number of imidazole rings is 1. The van der Waals surface area contributed by atoms with Gasteiger partial charge in [0.15, 0.2) is 11.5 Å². The Hall–Kier alpha value is -2.28. The van der Waals surface area contributed by atoms with Gasteiger partial charge in [-0.25, -0.2) is 4.98 Å². The molecule has 0 saturated heterocycles.